The van der Waals surface area contributed by atoms with Gasteiger partial charge in [0.1, 0.15) is 0 Å². The number of nitrogens with zero attached hydrogens (tertiary/aromatic N) is 1. The van der Waals surface area contributed by atoms with Gasteiger partial charge in [-0.25, -0.2) is 0 Å². The van der Waals surface area contributed by atoms with Crippen molar-refractivity contribution in [1.82, 2.24) is 5.32 Å². The molecular weight excluding hydrogens is 208 g/mol. The van der Waals surface area contributed by atoms with Crippen molar-refractivity contribution >= 4 is 5.71 Å². The highest BCUT2D eigenvalue weighted by Gasteiger charge is 2.33. The lowest BCUT2D eigenvalue weighted by atomic mass is 9.85. The lowest BCUT2D eigenvalue weighted by Crippen LogP contribution is -2.35. The predicted octanol–water partition coefficient (Wildman–Crippen LogP) is 3.09. The average Bonchev–Trinajstić information content (AvgIpc) is 2.94. The molecule has 1 aliphatic heterocycles. The van der Waals surface area contributed by atoms with Crippen molar-refractivity contribution in [2.75, 3.05) is 0 Å². The van der Waals surface area contributed by atoms with E-state index in [0.717, 1.165) is 6.04 Å². The lowest BCUT2D eigenvalue weighted by Gasteiger charge is -2.24. The summed E-state index contributed by atoms with van der Waals surface area (Å²) in [5, 5.41) is 3.76. The van der Waals surface area contributed by atoms with E-state index in [9.17, 15) is 0 Å². The maximum atomic E-state index is 4.91. The molecule has 0 amide bonds. The molecule has 1 N–H and O–H groups in total. The summed E-state index contributed by atoms with van der Waals surface area (Å²) in [5.74, 6) is 0. The first-order chi connectivity index (χ1) is 8.02. The third kappa shape index (κ3) is 2.47. The molecule has 0 radical (unpaired) electrons. The Labute approximate surface area is 105 Å². The topological polar surface area (TPSA) is 24.4 Å². The largest absolute Gasteiger partial charge is 0.311 e. The van der Waals surface area contributed by atoms with Crippen LogP contribution < -0.4 is 5.32 Å². The van der Waals surface area contributed by atoms with Gasteiger partial charge in [0.15, 0.2) is 0 Å². The number of nitrogens with one attached hydrogen (secondary N) is 1. The first-order valence-corrected chi connectivity index (χ1v) is 7.06. The molecule has 0 spiro atoms. The van der Waals surface area contributed by atoms with Crippen LogP contribution in [0.25, 0.3) is 0 Å². The Kier molecular flexibility index (Phi) is 2.66. The summed E-state index contributed by atoms with van der Waals surface area (Å²) in [4.78, 5) is 4.91. The fourth-order valence-corrected chi connectivity index (χ4v) is 2.83. The second-order valence-electron chi connectivity index (χ2n) is 6.96. The van der Waals surface area contributed by atoms with E-state index >= 15 is 0 Å². The lowest BCUT2D eigenvalue weighted by molar-refractivity contribution is 0.370. The summed E-state index contributed by atoms with van der Waals surface area (Å²) in [6.07, 6.45) is 8.88. The van der Waals surface area contributed by atoms with Crippen molar-refractivity contribution in [2.45, 2.75) is 71.0 Å². The van der Waals surface area contributed by atoms with Crippen LogP contribution in [0.2, 0.25) is 0 Å². The Morgan fingerprint density at radius 1 is 1.18 bits per heavy atom. The molecule has 2 aliphatic carbocycles. The Hall–Kier alpha value is -0.630. The molecule has 2 nitrogen and oxygen atoms in total. The van der Waals surface area contributed by atoms with Gasteiger partial charge in [0, 0.05) is 17.8 Å². The van der Waals surface area contributed by atoms with Crippen molar-refractivity contribution < 1.29 is 0 Å². The summed E-state index contributed by atoms with van der Waals surface area (Å²) >= 11 is 0. The number of hydrogen-bond acceptors (Lipinski definition) is 2. The van der Waals surface area contributed by atoms with Crippen molar-refractivity contribution in [3.63, 3.8) is 0 Å². The summed E-state index contributed by atoms with van der Waals surface area (Å²) in [7, 11) is 0. The van der Waals surface area contributed by atoms with Crippen LogP contribution in [0.1, 0.15) is 52.9 Å². The molecule has 3 aliphatic rings. The minimum Gasteiger partial charge on any atom is -0.311 e. The van der Waals surface area contributed by atoms with Gasteiger partial charge in [0.05, 0.1) is 6.04 Å². The zero-order valence-electron chi connectivity index (χ0n) is 11.3. The number of aliphatic imine (C=N–C) groups is 1. The molecule has 0 aromatic rings. The van der Waals surface area contributed by atoms with Crippen LogP contribution in [0.3, 0.4) is 0 Å². The van der Waals surface area contributed by atoms with Gasteiger partial charge >= 0.3 is 0 Å². The molecule has 2 unspecified atom stereocenters. The molecular formula is C15H24N2. The molecule has 2 fully saturated rings. The van der Waals surface area contributed by atoms with Gasteiger partial charge in [-0.15, -0.1) is 0 Å². The van der Waals surface area contributed by atoms with Crippen LogP contribution >= 0.6 is 0 Å². The van der Waals surface area contributed by atoms with E-state index in [1.807, 2.05) is 0 Å². The van der Waals surface area contributed by atoms with Crippen LogP contribution in [0.4, 0.5) is 0 Å². The van der Waals surface area contributed by atoms with Crippen molar-refractivity contribution in [3.8, 4) is 0 Å². The van der Waals surface area contributed by atoms with Gasteiger partial charge in [0.25, 0.3) is 0 Å². The monoisotopic (exact) mass is 232 g/mol. The Morgan fingerprint density at radius 2 is 1.94 bits per heavy atom. The number of fused-ring (bicyclic) bond motifs is 1. The van der Waals surface area contributed by atoms with Gasteiger partial charge in [-0.3, -0.25) is 4.99 Å². The number of hydrogen-bond donors (Lipinski definition) is 1. The molecule has 3 rings (SSSR count). The SMILES string of the molecule is CC(C)(C)C1C=C2CC(NC3CC3)CCC2=N1. The molecule has 0 saturated heterocycles. The minimum atomic E-state index is 0.275. The summed E-state index contributed by atoms with van der Waals surface area (Å²) < 4.78 is 0. The van der Waals surface area contributed by atoms with Gasteiger partial charge in [-0.2, -0.15) is 0 Å². The molecule has 2 heteroatoms. The summed E-state index contributed by atoms with van der Waals surface area (Å²) in [5.41, 5.74) is 3.21. The van der Waals surface area contributed by atoms with Crippen molar-refractivity contribution in [3.05, 3.63) is 11.6 Å². The highest BCUT2D eigenvalue weighted by Crippen LogP contribution is 2.35. The average molecular weight is 232 g/mol. The fraction of sp³-hybridized carbons (Fsp3) is 0.800. The third-order valence-electron chi connectivity index (χ3n) is 4.16. The fourth-order valence-electron chi connectivity index (χ4n) is 2.83. The molecule has 1 heterocycles. The van der Waals surface area contributed by atoms with E-state index in [4.69, 9.17) is 4.99 Å². The summed E-state index contributed by atoms with van der Waals surface area (Å²) in [6, 6.07) is 1.96. The van der Waals surface area contributed by atoms with E-state index in [1.54, 1.807) is 0 Å². The first kappa shape index (κ1) is 11.5. The van der Waals surface area contributed by atoms with Crippen molar-refractivity contribution in [2.24, 2.45) is 10.4 Å². The second kappa shape index (κ2) is 3.94. The van der Waals surface area contributed by atoms with Crippen LogP contribution in [-0.2, 0) is 0 Å². The van der Waals surface area contributed by atoms with E-state index in [0.29, 0.717) is 12.1 Å². The first-order valence-electron chi connectivity index (χ1n) is 7.06. The van der Waals surface area contributed by atoms with E-state index in [2.05, 4.69) is 32.2 Å². The van der Waals surface area contributed by atoms with Crippen LogP contribution in [0.15, 0.2) is 16.6 Å². The minimum absolute atomic E-state index is 0.275. The Morgan fingerprint density at radius 3 is 2.59 bits per heavy atom. The standard InChI is InChI=1S/C15H24N2/c1-15(2,3)14-9-10-8-12(16-11-4-5-11)6-7-13(10)17-14/h9,11-12,14,16H,4-8H2,1-3H3. The molecule has 0 aromatic heterocycles. The van der Waals surface area contributed by atoms with Gasteiger partial charge in [-0.05, 0) is 43.1 Å². The Balaban J connectivity index is 1.68. The molecule has 94 valence electrons. The van der Waals surface area contributed by atoms with E-state index in [1.165, 1.54) is 43.4 Å². The normalized spacial score (nSPS) is 33.1. The second-order valence-corrected chi connectivity index (χ2v) is 6.96. The zero-order valence-corrected chi connectivity index (χ0v) is 11.3. The van der Waals surface area contributed by atoms with E-state index in [-0.39, 0.29) is 5.41 Å². The van der Waals surface area contributed by atoms with E-state index < -0.39 is 0 Å². The smallest absolute Gasteiger partial charge is 0.0737 e. The van der Waals surface area contributed by atoms with Crippen molar-refractivity contribution in [1.29, 1.82) is 0 Å². The molecule has 2 saturated carbocycles. The quantitative estimate of drug-likeness (QED) is 0.777. The Bertz CT molecular complexity index is 369. The van der Waals surface area contributed by atoms with Crippen LogP contribution in [-0.4, -0.2) is 23.8 Å². The molecule has 2 atom stereocenters. The van der Waals surface area contributed by atoms with Gasteiger partial charge < -0.3 is 5.32 Å². The van der Waals surface area contributed by atoms with Gasteiger partial charge in [-0.1, -0.05) is 26.8 Å². The highest BCUT2D eigenvalue weighted by molar-refractivity contribution is 6.03. The molecule has 0 bridgehead atoms. The highest BCUT2D eigenvalue weighted by atomic mass is 15.0. The van der Waals surface area contributed by atoms with Crippen LogP contribution in [0, 0.1) is 5.41 Å². The molecule has 0 aromatic carbocycles. The predicted molar refractivity (Wildman–Crippen MR) is 72.6 cm³/mol. The maximum Gasteiger partial charge on any atom is 0.0737 e. The molecule has 17 heavy (non-hydrogen) atoms. The van der Waals surface area contributed by atoms with Gasteiger partial charge in [0.2, 0.25) is 0 Å². The summed E-state index contributed by atoms with van der Waals surface area (Å²) in [6.45, 7) is 6.86. The third-order valence-corrected chi connectivity index (χ3v) is 4.16. The zero-order chi connectivity index (χ0) is 12.0. The number of rotatable bonds is 2. The maximum absolute atomic E-state index is 4.91. The van der Waals surface area contributed by atoms with Crippen LogP contribution in [0.5, 0.6) is 0 Å².